The molecule has 126 valence electrons. The molecule has 3 heteroatoms. The lowest BCUT2D eigenvalue weighted by molar-refractivity contribution is 0.102. The van der Waals surface area contributed by atoms with Crippen molar-refractivity contribution < 1.29 is 9.53 Å². The van der Waals surface area contributed by atoms with E-state index < -0.39 is 0 Å². The molecule has 1 N–H and O–H groups in total. The standard InChI is InChI=1S/C22H21NO2/c1-16-5-3-7-20(13-16)23-22(24)19-11-9-18(10-12-19)15-25-21-8-4-6-17(2)14-21/h3-14H,15H2,1-2H3,(H,23,24). The van der Waals surface area contributed by atoms with Gasteiger partial charge in [0.15, 0.2) is 0 Å². The van der Waals surface area contributed by atoms with Crippen molar-refractivity contribution in [1.29, 1.82) is 0 Å². The van der Waals surface area contributed by atoms with Gasteiger partial charge in [-0.25, -0.2) is 0 Å². The summed E-state index contributed by atoms with van der Waals surface area (Å²) in [6.45, 7) is 4.51. The molecule has 3 aromatic rings. The number of carbonyl (C=O) groups is 1. The number of aryl methyl sites for hydroxylation is 2. The van der Waals surface area contributed by atoms with Gasteiger partial charge < -0.3 is 10.1 Å². The molecule has 0 radical (unpaired) electrons. The van der Waals surface area contributed by atoms with Crippen LogP contribution in [0, 0.1) is 13.8 Å². The van der Waals surface area contributed by atoms with Gasteiger partial charge in [-0.15, -0.1) is 0 Å². The third-order valence-electron chi connectivity index (χ3n) is 3.89. The summed E-state index contributed by atoms with van der Waals surface area (Å²) in [5.41, 5.74) is 4.73. The van der Waals surface area contributed by atoms with Crippen LogP contribution in [0.15, 0.2) is 72.8 Å². The SMILES string of the molecule is Cc1cccc(NC(=O)c2ccc(COc3cccc(C)c3)cc2)c1. The number of hydrogen-bond donors (Lipinski definition) is 1. The maximum absolute atomic E-state index is 12.3. The summed E-state index contributed by atoms with van der Waals surface area (Å²) in [7, 11) is 0. The largest absolute Gasteiger partial charge is 0.489 e. The van der Waals surface area contributed by atoms with E-state index in [2.05, 4.69) is 5.32 Å². The summed E-state index contributed by atoms with van der Waals surface area (Å²) >= 11 is 0. The number of ether oxygens (including phenoxy) is 1. The highest BCUT2D eigenvalue weighted by atomic mass is 16.5. The van der Waals surface area contributed by atoms with Crippen LogP contribution in [-0.2, 0) is 6.61 Å². The van der Waals surface area contributed by atoms with E-state index in [0.29, 0.717) is 12.2 Å². The van der Waals surface area contributed by atoms with Crippen molar-refractivity contribution in [2.75, 3.05) is 5.32 Å². The molecule has 0 atom stereocenters. The van der Waals surface area contributed by atoms with E-state index in [4.69, 9.17) is 4.74 Å². The zero-order valence-electron chi connectivity index (χ0n) is 14.5. The van der Waals surface area contributed by atoms with Crippen molar-refractivity contribution in [2.24, 2.45) is 0 Å². The molecule has 3 aromatic carbocycles. The maximum Gasteiger partial charge on any atom is 0.255 e. The maximum atomic E-state index is 12.3. The molecule has 0 aliphatic carbocycles. The second kappa shape index (κ2) is 7.67. The van der Waals surface area contributed by atoms with E-state index >= 15 is 0 Å². The summed E-state index contributed by atoms with van der Waals surface area (Å²) in [5.74, 6) is 0.734. The molecule has 0 spiro atoms. The van der Waals surface area contributed by atoms with Crippen LogP contribution < -0.4 is 10.1 Å². The molecule has 0 saturated carbocycles. The van der Waals surface area contributed by atoms with Crippen LogP contribution in [0.4, 0.5) is 5.69 Å². The summed E-state index contributed by atoms with van der Waals surface area (Å²) in [6.07, 6.45) is 0. The number of benzene rings is 3. The second-order valence-electron chi connectivity index (χ2n) is 6.13. The number of amides is 1. The van der Waals surface area contributed by atoms with E-state index in [0.717, 1.165) is 22.6 Å². The number of hydrogen-bond acceptors (Lipinski definition) is 2. The first-order valence-corrected chi connectivity index (χ1v) is 8.26. The molecule has 0 bridgehead atoms. The van der Waals surface area contributed by atoms with Crippen LogP contribution in [0.25, 0.3) is 0 Å². The van der Waals surface area contributed by atoms with Gasteiger partial charge in [-0.2, -0.15) is 0 Å². The summed E-state index contributed by atoms with van der Waals surface area (Å²) in [6, 6.07) is 23.2. The molecule has 3 rings (SSSR count). The smallest absolute Gasteiger partial charge is 0.255 e. The number of nitrogens with one attached hydrogen (secondary N) is 1. The van der Waals surface area contributed by atoms with Crippen molar-refractivity contribution in [3.05, 3.63) is 95.1 Å². The third kappa shape index (κ3) is 4.70. The molecule has 0 aliphatic rings. The van der Waals surface area contributed by atoms with Gasteiger partial charge in [-0.05, 0) is 66.9 Å². The number of anilines is 1. The normalized spacial score (nSPS) is 10.3. The van der Waals surface area contributed by atoms with E-state index in [9.17, 15) is 4.79 Å². The fourth-order valence-corrected chi connectivity index (χ4v) is 2.55. The first-order valence-electron chi connectivity index (χ1n) is 8.26. The van der Waals surface area contributed by atoms with Crippen LogP contribution in [-0.4, -0.2) is 5.91 Å². The van der Waals surface area contributed by atoms with Gasteiger partial charge in [0.25, 0.3) is 5.91 Å². The van der Waals surface area contributed by atoms with Crippen molar-refractivity contribution in [3.63, 3.8) is 0 Å². The molecule has 3 nitrogen and oxygen atoms in total. The van der Waals surface area contributed by atoms with E-state index in [1.165, 1.54) is 5.56 Å². The van der Waals surface area contributed by atoms with Gasteiger partial charge >= 0.3 is 0 Å². The van der Waals surface area contributed by atoms with Crippen molar-refractivity contribution in [2.45, 2.75) is 20.5 Å². The molecular formula is C22H21NO2. The molecule has 0 aliphatic heterocycles. The average Bonchev–Trinajstić information content (AvgIpc) is 2.60. The van der Waals surface area contributed by atoms with E-state index in [-0.39, 0.29) is 5.91 Å². The minimum absolute atomic E-state index is 0.114. The minimum Gasteiger partial charge on any atom is -0.489 e. The Labute approximate surface area is 148 Å². The summed E-state index contributed by atoms with van der Waals surface area (Å²) in [4.78, 5) is 12.3. The Hall–Kier alpha value is -3.07. The average molecular weight is 331 g/mol. The number of carbonyl (C=O) groups excluding carboxylic acids is 1. The highest BCUT2D eigenvalue weighted by Crippen LogP contribution is 2.16. The summed E-state index contributed by atoms with van der Waals surface area (Å²) < 4.78 is 5.78. The lowest BCUT2D eigenvalue weighted by Crippen LogP contribution is -2.12. The molecule has 0 fully saturated rings. The van der Waals surface area contributed by atoms with Crippen molar-refractivity contribution in [1.82, 2.24) is 0 Å². The molecule has 1 amide bonds. The monoisotopic (exact) mass is 331 g/mol. The molecule has 0 saturated heterocycles. The molecule has 25 heavy (non-hydrogen) atoms. The predicted octanol–water partition coefficient (Wildman–Crippen LogP) is 5.13. The predicted molar refractivity (Wildman–Crippen MR) is 101 cm³/mol. The fourth-order valence-electron chi connectivity index (χ4n) is 2.55. The third-order valence-corrected chi connectivity index (χ3v) is 3.89. The van der Waals surface area contributed by atoms with Gasteiger partial charge in [-0.1, -0.05) is 36.4 Å². The van der Waals surface area contributed by atoms with Crippen LogP contribution >= 0.6 is 0 Å². The highest BCUT2D eigenvalue weighted by Gasteiger charge is 2.06. The Kier molecular flexibility index (Phi) is 5.14. The highest BCUT2D eigenvalue weighted by molar-refractivity contribution is 6.04. The quantitative estimate of drug-likeness (QED) is 0.703. The van der Waals surface area contributed by atoms with Crippen LogP contribution in [0.2, 0.25) is 0 Å². The van der Waals surface area contributed by atoms with Crippen LogP contribution in [0.3, 0.4) is 0 Å². The first kappa shape index (κ1) is 16.8. The van der Waals surface area contributed by atoms with Gasteiger partial charge in [-0.3, -0.25) is 4.79 Å². The Balaban J connectivity index is 1.60. The zero-order chi connectivity index (χ0) is 17.6. The van der Waals surface area contributed by atoms with E-state index in [1.807, 2.05) is 86.6 Å². The van der Waals surface area contributed by atoms with Crippen molar-refractivity contribution >= 4 is 11.6 Å². The zero-order valence-corrected chi connectivity index (χ0v) is 14.5. The van der Waals surface area contributed by atoms with Crippen molar-refractivity contribution in [3.8, 4) is 5.75 Å². The Morgan fingerprint density at radius 3 is 2.24 bits per heavy atom. The lowest BCUT2D eigenvalue weighted by Gasteiger charge is -2.09. The van der Waals surface area contributed by atoms with Crippen LogP contribution in [0.1, 0.15) is 27.0 Å². The molecule has 0 heterocycles. The van der Waals surface area contributed by atoms with Crippen LogP contribution in [0.5, 0.6) is 5.75 Å². The van der Waals surface area contributed by atoms with Gasteiger partial charge in [0.05, 0.1) is 0 Å². The Bertz CT molecular complexity index is 869. The second-order valence-corrected chi connectivity index (χ2v) is 6.13. The topological polar surface area (TPSA) is 38.3 Å². The molecular weight excluding hydrogens is 310 g/mol. The fraction of sp³-hybridized carbons (Fsp3) is 0.136. The van der Waals surface area contributed by atoms with Gasteiger partial charge in [0.1, 0.15) is 12.4 Å². The summed E-state index contributed by atoms with van der Waals surface area (Å²) in [5, 5.41) is 2.91. The van der Waals surface area contributed by atoms with Gasteiger partial charge in [0, 0.05) is 11.3 Å². The van der Waals surface area contributed by atoms with Gasteiger partial charge in [0.2, 0.25) is 0 Å². The minimum atomic E-state index is -0.114. The Morgan fingerprint density at radius 2 is 1.56 bits per heavy atom. The van der Waals surface area contributed by atoms with E-state index in [1.54, 1.807) is 0 Å². The molecule has 0 unspecified atom stereocenters. The molecule has 0 aromatic heterocycles. The first-order chi connectivity index (χ1) is 12.1. The lowest BCUT2D eigenvalue weighted by atomic mass is 10.1. The number of rotatable bonds is 5. The Morgan fingerprint density at radius 1 is 0.880 bits per heavy atom.